The Morgan fingerprint density at radius 1 is 1.09 bits per heavy atom. The standard InChI is InChI=1S/C23H22ClN5O3/c1-28(2)22(30)19-13-16(9-10-25-19)32-15-6-7-20-17(12-15)26-23(29(20)3)27-18-11-14(24)5-8-21(18)31-4/h5-13H,1-4H3,(H,26,27). The van der Waals surface area contributed by atoms with Gasteiger partial charge < -0.3 is 24.3 Å². The van der Waals surface area contributed by atoms with Gasteiger partial charge in [-0.05, 0) is 36.4 Å². The zero-order valence-corrected chi connectivity index (χ0v) is 18.8. The number of rotatable bonds is 6. The molecule has 4 rings (SSSR count). The summed E-state index contributed by atoms with van der Waals surface area (Å²) in [6.07, 6.45) is 1.55. The Morgan fingerprint density at radius 2 is 1.88 bits per heavy atom. The molecule has 0 atom stereocenters. The molecule has 9 heteroatoms. The Labute approximate surface area is 190 Å². The van der Waals surface area contributed by atoms with Crippen molar-refractivity contribution in [2.24, 2.45) is 7.05 Å². The second kappa shape index (κ2) is 8.76. The fourth-order valence-electron chi connectivity index (χ4n) is 3.21. The van der Waals surface area contributed by atoms with Crippen LogP contribution in [0.5, 0.6) is 17.2 Å². The van der Waals surface area contributed by atoms with E-state index in [2.05, 4.69) is 15.3 Å². The zero-order chi connectivity index (χ0) is 22.8. The minimum atomic E-state index is -0.192. The van der Waals surface area contributed by atoms with Crippen molar-refractivity contribution in [1.82, 2.24) is 19.4 Å². The van der Waals surface area contributed by atoms with Gasteiger partial charge in [0.25, 0.3) is 5.91 Å². The molecule has 2 aromatic carbocycles. The lowest BCUT2D eigenvalue weighted by Gasteiger charge is -2.11. The third-order valence-corrected chi connectivity index (χ3v) is 5.09. The van der Waals surface area contributed by atoms with Gasteiger partial charge in [0.1, 0.15) is 22.9 Å². The lowest BCUT2D eigenvalue weighted by Crippen LogP contribution is -2.22. The highest BCUT2D eigenvalue weighted by atomic mass is 35.5. The maximum absolute atomic E-state index is 12.2. The third-order valence-electron chi connectivity index (χ3n) is 4.85. The molecule has 0 aliphatic heterocycles. The molecule has 164 valence electrons. The van der Waals surface area contributed by atoms with Crippen molar-refractivity contribution in [1.29, 1.82) is 0 Å². The number of hydrogen-bond acceptors (Lipinski definition) is 6. The molecule has 0 aliphatic rings. The summed E-state index contributed by atoms with van der Waals surface area (Å²) in [5, 5.41) is 3.86. The summed E-state index contributed by atoms with van der Waals surface area (Å²) in [5.41, 5.74) is 2.68. The molecule has 0 saturated carbocycles. The number of nitrogens with one attached hydrogen (secondary N) is 1. The van der Waals surface area contributed by atoms with Crippen LogP contribution in [0.4, 0.5) is 11.6 Å². The van der Waals surface area contributed by atoms with E-state index < -0.39 is 0 Å². The van der Waals surface area contributed by atoms with Crippen LogP contribution in [0.25, 0.3) is 11.0 Å². The average Bonchev–Trinajstić information content (AvgIpc) is 3.08. The van der Waals surface area contributed by atoms with Gasteiger partial charge in [-0.15, -0.1) is 0 Å². The Bertz CT molecular complexity index is 1300. The number of anilines is 2. The van der Waals surface area contributed by atoms with Crippen molar-refractivity contribution in [2.45, 2.75) is 0 Å². The summed E-state index contributed by atoms with van der Waals surface area (Å²) >= 11 is 6.14. The van der Waals surface area contributed by atoms with Crippen molar-refractivity contribution in [3.8, 4) is 17.2 Å². The zero-order valence-electron chi connectivity index (χ0n) is 18.1. The summed E-state index contributed by atoms with van der Waals surface area (Å²) in [5.74, 6) is 2.20. The number of methoxy groups -OCH3 is 1. The maximum atomic E-state index is 12.2. The molecular weight excluding hydrogens is 430 g/mol. The van der Waals surface area contributed by atoms with Gasteiger partial charge in [0.15, 0.2) is 0 Å². The number of pyridine rings is 1. The van der Waals surface area contributed by atoms with Gasteiger partial charge in [-0.3, -0.25) is 9.78 Å². The molecule has 1 N–H and O–H groups in total. The smallest absolute Gasteiger partial charge is 0.272 e. The number of ether oxygens (including phenoxy) is 2. The van der Waals surface area contributed by atoms with Gasteiger partial charge in [0, 0.05) is 44.5 Å². The van der Waals surface area contributed by atoms with E-state index in [0.717, 1.165) is 11.0 Å². The van der Waals surface area contributed by atoms with Crippen molar-refractivity contribution in [2.75, 3.05) is 26.5 Å². The van der Waals surface area contributed by atoms with Gasteiger partial charge in [0.2, 0.25) is 5.95 Å². The first-order chi connectivity index (χ1) is 15.4. The van der Waals surface area contributed by atoms with Gasteiger partial charge in [-0.1, -0.05) is 11.6 Å². The number of nitrogens with zero attached hydrogens (tertiary/aromatic N) is 4. The molecule has 0 bridgehead atoms. The van der Waals surface area contributed by atoms with Gasteiger partial charge >= 0.3 is 0 Å². The Morgan fingerprint density at radius 3 is 2.62 bits per heavy atom. The van der Waals surface area contributed by atoms with E-state index in [4.69, 9.17) is 21.1 Å². The fraction of sp³-hybridized carbons (Fsp3) is 0.174. The molecule has 2 aromatic heterocycles. The highest BCUT2D eigenvalue weighted by Gasteiger charge is 2.14. The van der Waals surface area contributed by atoms with Gasteiger partial charge in [0.05, 0.1) is 23.8 Å². The van der Waals surface area contributed by atoms with Crippen LogP contribution < -0.4 is 14.8 Å². The molecule has 0 saturated heterocycles. The molecule has 4 aromatic rings. The van der Waals surface area contributed by atoms with E-state index >= 15 is 0 Å². The first-order valence-corrected chi connectivity index (χ1v) is 10.2. The van der Waals surface area contributed by atoms with E-state index in [-0.39, 0.29) is 5.91 Å². The van der Waals surface area contributed by atoms with Crippen molar-refractivity contribution in [3.63, 3.8) is 0 Å². The monoisotopic (exact) mass is 451 g/mol. The normalized spacial score (nSPS) is 10.8. The molecule has 2 heterocycles. The van der Waals surface area contributed by atoms with Crippen LogP contribution in [0.3, 0.4) is 0 Å². The van der Waals surface area contributed by atoms with Crippen molar-refractivity contribution >= 4 is 40.2 Å². The Kier molecular flexibility index (Phi) is 5.87. The number of benzene rings is 2. The average molecular weight is 452 g/mol. The summed E-state index contributed by atoms with van der Waals surface area (Å²) in [7, 11) is 6.87. The number of hydrogen-bond donors (Lipinski definition) is 1. The van der Waals surface area contributed by atoms with Crippen molar-refractivity contribution < 1.29 is 14.3 Å². The summed E-state index contributed by atoms with van der Waals surface area (Å²) < 4.78 is 13.3. The summed E-state index contributed by atoms with van der Waals surface area (Å²) in [6, 6.07) is 14.3. The molecule has 0 aliphatic carbocycles. The molecule has 0 unspecified atom stereocenters. The van der Waals surface area contributed by atoms with E-state index in [0.29, 0.717) is 39.6 Å². The summed E-state index contributed by atoms with van der Waals surface area (Å²) in [6.45, 7) is 0. The molecule has 1 amide bonds. The third kappa shape index (κ3) is 4.31. The van der Waals surface area contributed by atoms with E-state index in [1.165, 1.54) is 4.90 Å². The molecule has 0 radical (unpaired) electrons. The summed E-state index contributed by atoms with van der Waals surface area (Å²) in [4.78, 5) is 22.4. The number of aromatic nitrogens is 3. The minimum absolute atomic E-state index is 0.192. The van der Waals surface area contributed by atoms with Crippen LogP contribution in [0.15, 0.2) is 54.7 Å². The Balaban J connectivity index is 1.62. The minimum Gasteiger partial charge on any atom is -0.495 e. The number of carbonyl (C=O) groups is 1. The van der Waals surface area contributed by atoms with Crippen LogP contribution in [0.2, 0.25) is 5.02 Å². The fourth-order valence-corrected chi connectivity index (χ4v) is 3.38. The van der Waals surface area contributed by atoms with E-state index in [9.17, 15) is 4.79 Å². The number of carbonyl (C=O) groups excluding carboxylic acids is 1. The topological polar surface area (TPSA) is 81.5 Å². The lowest BCUT2D eigenvalue weighted by atomic mass is 10.3. The van der Waals surface area contributed by atoms with E-state index in [1.807, 2.05) is 29.8 Å². The molecule has 0 fully saturated rings. The van der Waals surface area contributed by atoms with Crippen LogP contribution in [0.1, 0.15) is 10.5 Å². The number of fused-ring (bicyclic) bond motifs is 1. The maximum Gasteiger partial charge on any atom is 0.272 e. The van der Waals surface area contributed by atoms with Crippen molar-refractivity contribution in [3.05, 3.63) is 65.4 Å². The van der Waals surface area contributed by atoms with Crippen LogP contribution >= 0.6 is 11.6 Å². The molecule has 0 spiro atoms. The highest BCUT2D eigenvalue weighted by Crippen LogP contribution is 2.32. The lowest BCUT2D eigenvalue weighted by molar-refractivity contribution is 0.0821. The largest absolute Gasteiger partial charge is 0.495 e. The Hall–Kier alpha value is -3.78. The first-order valence-electron chi connectivity index (χ1n) is 9.78. The quantitative estimate of drug-likeness (QED) is 0.450. The number of imidazole rings is 1. The SMILES string of the molecule is COc1ccc(Cl)cc1Nc1nc2cc(Oc3ccnc(C(=O)N(C)C)c3)ccc2n1C. The number of halogens is 1. The van der Waals surface area contributed by atoms with Crippen LogP contribution in [-0.2, 0) is 7.05 Å². The highest BCUT2D eigenvalue weighted by molar-refractivity contribution is 6.31. The molecule has 32 heavy (non-hydrogen) atoms. The van der Waals surface area contributed by atoms with E-state index in [1.54, 1.807) is 57.7 Å². The number of amides is 1. The second-order valence-electron chi connectivity index (χ2n) is 7.29. The second-order valence-corrected chi connectivity index (χ2v) is 7.73. The molecular formula is C23H22ClN5O3. The predicted octanol–water partition coefficient (Wildman–Crippen LogP) is 4.87. The number of aryl methyl sites for hydroxylation is 1. The van der Waals surface area contributed by atoms with Crippen LogP contribution in [-0.4, -0.2) is 46.5 Å². The molecule has 8 nitrogen and oxygen atoms in total. The van der Waals surface area contributed by atoms with Gasteiger partial charge in [-0.2, -0.15) is 0 Å². The predicted molar refractivity (Wildman–Crippen MR) is 124 cm³/mol. The van der Waals surface area contributed by atoms with Gasteiger partial charge in [-0.25, -0.2) is 4.98 Å². The van der Waals surface area contributed by atoms with Crippen LogP contribution in [0, 0.1) is 0 Å². The first kappa shape index (κ1) is 21.5.